The molecule has 0 aliphatic rings. The quantitative estimate of drug-likeness (QED) is 0.300. The minimum Gasteiger partial charge on any atom is -0.463 e. The number of carbonyl (C=O) groups excluding carboxylic acids is 1. The predicted molar refractivity (Wildman–Crippen MR) is 95.8 cm³/mol. The van der Waals surface area contributed by atoms with Crippen LogP contribution >= 0.6 is 0 Å². The molecule has 0 rings (SSSR count). The molecule has 0 fully saturated rings. The van der Waals surface area contributed by atoms with Gasteiger partial charge in [0, 0.05) is 6.08 Å². The van der Waals surface area contributed by atoms with Crippen molar-refractivity contribution in [2.24, 2.45) is 17.8 Å². The molecule has 22 heavy (non-hydrogen) atoms. The molecule has 0 N–H and O–H groups in total. The van der Waals surface area contributed by atoms with Crippen molar-refractivity contribution in [2.75, 3.05) is 6.61 Å². The van der Waals surface area contributed by atoms with Gasteiger partial charge in [-0.2, -0.15) is 0 Å². The molecular formula is C20H36O2. The fourth-order valence-corrected chi connectivity index (χ4v) is 2.46. The number of hydrogen-bond acceptors (Lipinski definition) is 2. The van der Waals surface area contributed by atoms with Gasteiger partial charge >= 0.3 is 5.97 Å². The highest BCUT2D eigenvalue weighted by molar-refractivity contribution is 5.83. The Hall–Kier alpha value is -1.05. The van der Waals surface area contributed by atoms with E-state index in [1.807, 2.05) is 13.8 Å². The lowest BCUT2D eigenvalue weighted by Gasteiger charge is -2.19. The van der Waals surface area contributed by atoms with E-state index < -0.39 is 0 Å². The van der Waals surface area contributed by atoms with E-state index in [0.29, 0.717) is 12.5 Å². The number of allylic oxidation sites excluding steroid dienone is 3. The van der Waals surface area contributed by atoms with Gasteiger partial charge in [0.05, 0.1) is 6.61 Å². The van der Waals surface area contributed by atoms with Gasteiger partial charge in [-0.05, 0) is 63.0 Å². The molecule has 2 unspecified atom stereocenters. The van der Waals surface area contributed by atoms with Crippen LogP contribution in [0.15, 0.2) is 22.8 Å². The third kappa shape index (κ3) is 8.41. The van der Waals surface area contributed by atoms with E-state index in [9.17, 15) is 4.79 Å². The van der Waals surface area contributed by atoms with Crippen LogP contribution in [0.2, 0.25) is 0 Å². The third-order valence-electron chi connectivity index (χ3n) is 4.76. The predicted octanol–water partition coefficient (Wildman–Crippen LogP) is 5.93. The second-order valence-electron chi connectivity index (χ2n) is 7.09. The monoisotopic (exact) mass is 308 g/mol. The van der Waals surface area contributed by atoms with Gasteiger partial charge in [-0.15, -0.1) is 0 Å². The summed E-state index contributed by atoms with van der Waals surface area (Å²) in [5, 5.41) is 0. The lowest BCUT2D eigenvalue weighted by Crippen LogP contribution is -2.07. The Morgan fingerprint density at radius 1 is 1.05 bits per heavy atom. The normalized spacial score (nSPS) is 16.3. The minimum atomic E-state index is -0.244. The number of ether oxygens (including phenoxy) is 1. The summed E-state index contributed by atoms with van der Waals surface area (Å²) in [5.74, 6) is 2.00. The van der Waals surface area contributed by atoms with Crippen molar-refractivity contribution in [1.82, 2.24) is 0 Å². The van der Waals surface area contributed by atoms with Crippen LogP contribution in [0.4, 0.5) is 0 Å². The van der Waals surface area contributed by atoms with Crippen LogP contribution in [0, 0.1) is 17.8 Å². The Kier molecular flexibility index (Phi) is 10.1. The van der Waals surface area contributed by atoms with E-state index in [0.717, 1.165) is 23.8 Å². The van der Waals surface area contributed by atoms with Crippen molar-refractivity contribution < 1.29 is 9.53 Å². The molecule has 0 aliphatic carbocycles. The SMILES string of the molecule is CCOC(=O)/C=C(C)/C(C)=C(\C)CC(C)CCC(C)C(C)C. The fourth-order valence-electron chi connectivity index (χ4n) is 2.46. The molecule has 0 radical (unpaired) electrons. The summed E-state index contributed by atoms with van der Waals surface area (Å²) in [5.41, 5.74) is 3.61. The Labute approximate surface area is 138 Å². The highest BCUT2D eigenvalue weighted by Crippen LogP contribution is 2.25. The van der Waals surface area contributed by atoms with E-state index >= 15 is 0 Å². The highest BCUT2D eigenvalue weighted by atomic mass is 16.5. The molecule has 2 atom stereocenters. The molecule has 0 aromatic rings. The summed E-state index contributed by atoms with van der Waals surface area (Å²) in [6.45, 7) is 17.8. The first kappa shape index (κ1) is 20.9. The summed E-state index contributed by atoms with van der Waals surface area (Å²) in [7, 11) is 0. The van der Waals surface area contributed by atoms with Crippen molar-refractivity contribution >= 4 is 5.97 Å². The minimum absolute atomic E-state index is 0.244. The van der Waals surface area contributed by atoms with Gasteiger partial charge in [0.15, 0.2) is 0 Å². The number of hydrogen-bond donors (Lipinski definition) is 0. The molecule has 0 spiro atoms. The third-order valence-corrected chi connectivity index (χ3v) is 4.76. The smallest absolute Gasteiger partial charge is 0.331 e. The second-order valence-corrected chi connectivity index (χ2v) is 7.09. The molecule has 0 saturated carbocycles. The van der Waals surface area contributed by atoms with Gasteiger partial charge in [-0.3, -0.25) is 0 Å². The van der Waals surface area contributed by atoms with Gasteiger partial charge < -0.3 is 4.74 Å². The summed E-state index contributed by atoms with van der Waals surface area (Å²) in [4.78, 5) is 11.5. The molecule has 0 bridgehead atoms. The van der Waals surface area contributed by atoms with E-state index in [1.54, 1.807) is 6.08 Å². The molecule has 0 aliphatic heterocycles. The Morgan fingerprint density at radius 3 is 2.14 bits per heavy atom. The standard InChI is InChI=1S/C20H36O2/c1-9-22-20(21)13-18(7)19(8)17(6)12-15(4)10-11-16(5)14(2)3/h13-16H,9-12H2,1-8H3/b18-13+,19-17+. The summed E-state index contributed by atoms with van der Waals surface area (Å²) in [6, 6.07) is 0. The fraction of sp³-hybridized carbons (Fsp3) is 0.750. The molecule has 0 saturated heterocycles. The van der Waals surface area contributed by atoms with Crippen LogP contribution in [0.1, 0.15) is 74.7 Å². The van der Waals surface area contributed by atoms with Crippen molar-refractivity contribution in [2.45, 2.75) is 74.7 Å². The van der Waals surface area contributed by atoms with Crippen molar-refractivity contribution in [3.8, 4) is 0 Å². The van der Waals surface area contributed by atoms with E-state index in [2.05, 4.69) is 41.5 Å². The van der Waals surface area contributed by atoms with Crippen LogP contribution in [0.3, 0.4) is 0 Å². The molecular weight excluding hydrogens is 272 g/mol. The van der Waals surface area contributed by atoms with Crippen LogP contribution in [0.5, 0.6) is 0 Å². The maximum absolute atomic E-state index is 11.5. The van der Waals surface area contributed by atoms with Crippen LogP contribution in [-0.2, 0) is 9.53 Å². The lowest BCUT2D eigenvalue weighted by molar-refractivity contribution is -0.137. The Morgan fingerprint density at radius 2 is 1.64 bits per heavy atom. The molecule has 0 aromatic carbocycles. The maximum atomic E-state index is 11.5. The van der Waals surface area contributed by atoms with Gasteiger partial charge in [-0.1, -0.05) is 46.1 Å². The zero-order valence-electron chi connectivity index (χ0n) is 16.0. The molecule has 0 heterocycles. The molecule has 2 heteroatoms. The van der Waals surface area contributed by atoms with E-state index in [4.69, 9.17) is 4.74 Å². The molecule has 2 nitrogen and oxygen atoms in total. The molecule has 0 aromatic heterocycles. The van der Waals surface area contributed by atoms with Crippen LogP contribution in [-0.4, -0.2) is 12.6 Å². The lowest BCUT2D eigenvalue weighted by atomic mass is 9.87. The van der Waals surface area contributed by atoms with Gasteiger partial charge in [-0.25, -0.2) is 4.79 Å². The first-order valence-electron chi connectivity index (χ1n) is 8.70. The molecule has 128 valence electrons. The average Bonchev–Trinajstić information content (AvgIpc) is 2.43. The average molecular weight is 309 g/mol. The van der Waals surface area contributed by atoms with Crippen LogP contribution in [0.25, 0.3) is 0 Å². The summed E-state index contributed by atoms with van der Waals surface area (Å²) in [6.07, 6.45) is 5.27. The topological polar surface area (TPSA) is 26.3 Å². The largest absolute Gasteiger partial charge is 0.463 e. The first-order valence-corrected chi connectivity index (χ1v) is 8.70. The molecule has 0 amide bonds. The number of esters is 1. The van der Waals surface area contributed by atoms with Gasteiger partial charge in [0.25, 0.3) is 0 Å². The Bertz CT molecular complexity index is 402. The van der Waals surface area contributed by atoms with Gasteiger partial charge in [0.1, 0.15) is 0 Å². The second kappa shape index (κ2) is 10.6. The van der Waals surface area contributed by atoms with Crippen molar-refractivity contribution in [1.29, 1.82) is 0 Å². The van der Waals surface area contributed by atoms with E-state index in [1.165, 1.54) is 24.0 Å². The first-order chi connectivity index (χ1) is 10.2. The maximum Gasteiger partial charge on any atom is 0.331 e. The summed E-state index contributed by atoms with van der Waals surface area (Å²) < 4.78 is 4.97. The number of rotatable bonds is 9. The Balaban J connectivity index is 4.59. The summed E-state index contributed by atoms with van der Waals surface area (Å²) >= 11 is 0. The van der Waals surface area contributed by atoms with Crippen molar-refractivity contribution in [3.63, 3.8) is 0 Å². The van der Waals surface area contributed by atoms with E-state index in [-0.39, 0.29) is 5.97 Å². The van der Waals surface area contributed by atoms with Gasteiger partial charge in [0.2, 0.25) is 0 Å². The van der Waals surface area contributed by atoms with Crippen molar-refractivity contribution in [3.05, 3.63) is 22.8 Å². The van der Waals surface area contributed by atoms with Crippen LogP contribution < -0.4 is 0 Å². The highest BCUT2D eigenvalue weighted by Gasteiger charge is 2.11. The number of carbonyl (C=O) groups is 1. The zero-order valence-corrected chi connectivity index (χ0v) is 16.0. The zero-order chi connectivity index (χ0) is 17.3.